The zero-order valence-corrected chi connectivity index (χ0v) is 9.32. The van der Waals surface area contributed by atoms with Crippen LogP contribution in [0.1, 0.15) is 26.7 Å². The van der Waals surface area contributed by atoms with Gasteiger partial charge >= 0.3 is 22.7 Å². The van der Waals surface area contributed by atoms with E-state index in [1.165, 1.54) is 0 Å². The molecule has 0 aromatic carbocycles. The summed E-state index contributed by atoms with van der Waals surface area (Å²) < 4.78 is 35.1. The maximum atomic E-state index is 10.8. The summed E-state index contributed by atoms with van der Waals surface area (Å²) in [6.45, 7) is 4.33. The van der Waals surface area contributed by atoms with Gasteiger partial charge in [-0.1, -0.05) is 13.8 Å². The summed E-state index contributed by atoms with van der Waals surface area (Å²) in [6, 6.07) is 0. The Kier molecular flexibility index (Phi) is 8.89. The maximum absolute atomic E-state index is 10.8. The molecule has 0 unspecified atom stereocenters. The van der Waals surface area contributed by atoms with E-state index in [1.54, 1.807) is 0 Å². The van der Waals surface area contributed by atoms with Gasteiger partial charge in [-0.2, -0.15) is 8.42 Å². The quantitative estimate of drug-likeness (QED) is 0.623. The van der Waals surface area contributed by atoms with Crippen LogP contribution in [0.5, 0.6) is 0 Å². The highest BCUT2D eigenvalue weighted by molar-refractivity contribution is 7.88. The second kappa shape index (κ2) is 8.76. The lowest BCUT2D eigenvalue weighted by atomic mass is 10.5. The van der Waals surface area contributed by atoms with Crippen molar-refractivity contribution in [3.63, 3.8) is 0 Å². The van der Waals surface area contributed by atoms with Crippen molar-refractivity contribution in [3.05, 3.63) is 0 Å². The first-order valence-corrected chi connectivity index (χ1v) is 5.99. The summed E-state index contributed by atoms with van der Waals surface area (Å²) in [5, 5.41) is 0. The molecule has 0 saturated carbocycles. The SMILES string of the molecule is CCCOS(=O)OS(=O)OCCC. The zero-order chi connectivity index (χ0) is 10.1. The third kappa shape index (κ3) is 8.51. The van der Waals surface area contributed by atoms with Crippen molar-refractivity contribution in [2.45, 2.75) is 26.7 Å². The van der Waals surface area contributed by atoms with E-state index in [1.807, 2.05) is 13.8 Å². The van der Waals surface area contributed by atoms with E-state index in [0.29, 0.717) is 13.2 Å². The van der Waals surface area contributed by atoms with Gasteiger partial charge in [-0.05, 0) is 12.8 Å². The molecule has 13 heavy (non-hydrogen) atoms. The van der Waals surface area contributed by atoms with Crippen molar-refractivity contribution >= 4 is 22.7 Å². The maximum Gasteiger partial charge on any atom is 0.320 e. The highest BCUT2D eigenvalue weighted by Gasteiger charge is 2.07. The van der Waals surface area contributed by atoms with Crippen LogP contribution in [0.2, 0.25) is 0 Å². The van der Waals surface area contributed by atoms with Crippen LogP contribution in [-0.2, 0) is 34.7 Å². The van der Waals surface area contributed by atoms with E-state index < -0.39 is 22.7 Å². The van der Waals surface area contributed by atoms with Gasteiger partial charge in [0.15, 0.2) is 0 Å². The fraction of sp³-hybridized carbons (Fsp3) is 1.00. The molecule has 0 spiro atoms. The van der Waals surface area contributed by atoms with Crippen LogP contribution in [0.15, 0.2) is 0 Å². The minimum absolute atomic E-state index is 0.303. The summed E-state index contributed by atoms with van der Waals surface area (Å²) in [5.74, 6) is 0. The molecule has 0 aromatic rings. The van der Waals surface area contributed by atoms with Crippen molar-refractivity contribution in [3.8, 4) is 0 Å². The Morgan fingerprint density at radius 2 is 1.31 bits per heavy atom. The Hall–Kier alpha value is 0.180. The molecule has 5 nitrogen and oxygen atoms in total. The van der Waals surface area contributed by atoms with Gasteiger partial charge in [0.05, 0.1) is 13.2 Å². The third-order valence-electron chi connectivity index (χ3n) is 0.878. The Bertz CT molecular complexity index is 154. The molecule has 80 valence electrons. The molecule has 0 aliphatic heterocycles. The molecule has 0 rings (SSSR count). The van der Waals surface area contributed by atoms with Gasteiger partial charge in [0.1, 0.15) is 0 Å². The summed E-state index contributed by atoms with van der Waals surface area (Å²) in [7, 11) is 0. The third-order valence-corrected chi connectivity index (χ3v) is 2.49. The molecule has 0 aliphatic carbocycles. The molecule has 0 aromatic heterocycles. The largest absolute Gasteiger partial charge is 0.320 e. The van der Waals surface area contributed by atoms with Crippen LogP contribution in [0.3, 0.4) is 0 Å². The second-order valence-electron chi connectivity index (χ2n) is 2.12. The van der Waals surface area contributed by atoms with E-state index in [-0.39, 0.29) is 0 Å². The predicted molar refractivity (Wildman–Crippen MR) is 49.9 cm³/mol. The second-order valence-corrected chi connectivity index (χ2v) is 3.95. The average Bonchev–Trinajstić information content (AvgIpc) is 2.11. The van der Waals surface area contributed by atoms with Gasteiger partial charge in [-0.15, -0.1) is 3.63 Å². The van der Waals surface area contributed by atoms with Crippen molar-refractivity contribution in [2.24, 2.45) is 0 Å². The highest BCUT2D eigenvalue weighted by Crippen LogP contribution is 1.97. The smallest absolute Gasteiger partial charge is 0.268 e. The van der Waals surface area contributed by atoms with E-state index in [9.17, 15) is 8.42 Å². The summed E-state index contributed by atoms with van der Waals surface area (Å²) in [6.07, 6.45) is 1.44. The first kappa shape index (κ1) is 13.2. The Morgan fingerprint density at radius 1 is 0.923 bits per heavy atom. The molecule has 0 N–H and O–H groups in total. The molecule has 0 atom stereocenters. The van der Waals surface area contributed by atoms with Crippen LogP contribution < -0.4 is 0 Å². The minimum Gasteiger partial charge on any atom is -0.268 e. The summed E-state index contributed by atoms with van der Waals surface area (Å²) in [4.78, 5) is 0. The fourth-order valence-corrected chi connectivity index (χ4v) is 1.67. The minimum atomic E-state index is -1.98. The van der Waals surface area contributed by atoms with Gasteiger partial charge in [0.2, 0.25) is 0 Å². The molecule has 0 heterocycles. The predicted octanol–water partition coefficient (Wildman–Crippen LogP) is 1.01. The van der Waals surface area contributed by atoms with E-state index in [4.69, 9.17) is 0 Å². The normalized spacial score (nSPS) is 15.5. The first-order chi connectivity index (χ1) is 6.20. The van der Waals surface area contributed by atoms with Crippen molar-refractivity contribution in [1.82, 2.24) is 0 Å². The van der Waals surface area contributed by atoms with Gasteiger partial charge in [-0.25, -0.2) is 0 Å². The number of hydrogen-bond donors (Lipinski definition) is 0. The van der Waals surface area contributed by atoms with Gasteiger partial charge < -0.3 is 0 Å². The van der Waals surface area contributed by atoms with Crippen LogP contribution in [0.25, 0.3) is 0 Å². The highest BCUT2D eigenvalue weighted by atomic mass is 32.3. The molecule has 0 aliphatic rings. The standard InChI is InChI=1S/C6H14O5S2/c1-3-5-9-12(7)11-13(8)10-6-4-2/h3-6H2,1-2H3. The fourth-order valence-electron chi connectivity index (χ4n) is 0.387. The summed E-state index contributed by atoms with van der Waals surface area (Å²) >= 11 is -3.96. The lowest BCUT2D eigenvalue weighted by molar-refractivity contribution is 0.283. The topological polar surface area (TPSA) is 61.8 Å². The van der Waals surface area contributed by atoms with Crippen LogP contribution in [-0.4, -0.2) is 21.6 Å². The zero-order valence-electron chi connectivity index (χ0n) is 7.69. The molecular weight excluding hydrogens is 216 g/mol. The molecule has 0 saturated heterocycles. The first-order valence-electron chi connectivity index (χ1n) is 3.99. The van der Waals surface area contributed by atoms with E-state index in [2.05, 4.69) is 12.0 Å². The van der Waals surface area contributed by atoms with Gasteiger partial charge in [0, 0.05) is 0 Å². The van der Waals surface area contributed by atoms with Gasteiger partial charge in [-0.3, -0.25) is 8.37 Å². The molecule has 0 fully saturated rings. The monoisotopic (exact) mass is 230 g/mol. The van der Waals surface area contributed by atoms with Crippen molar-refractivity contribution in [1.29, 1.82) is 0 Å². The molecule has 0 amide bonds. The Labute approximate surface area is 83.5 Å². The lowest BCUT2D eigenvalue weighted by Crippen LogP contribution is -2.08. The molecule has 0 bridgehead atoms. The lowest BCUT2D eigenvalue weighted by Gasteiger charge is -2.01. The Morgan fingerprint density at radius 3 is 1.62 bits per heavy atom. The van der Waals surface area contributed by atoms with Crippen molar-refractivity contribution in [2.75, 3.05) is 13.2 Å². The summed E-state index contributed by atoms with van der Waals surface area (Å²) in [5.41, 5.74) is 0. The van der Waals surface area contributed by atoms with E-state index in [0.717, 1.165) is 12.8 Å². The van der Waals surface area contributed by atoms with E-state index >= 15 is 0 Å². The molecular formula is C6H14O5S2. The van der Waals surface area contributed by atoms with Crippen LogP contribution >= 0.6 is 0 Å². The van der Waals surface area contributed by atoms with Crippen LogP contribution in [0.4, 0.5) is 0 Å². The average molecular weight is 230 g/mol. The molecule has 7 heteroatoms. The number of rotatable bonds is 8. The van der Waals surface area contributed by atoms with Crippen molar-refractivity contribution < 1.29 is 20.4 Å². The van der Waals surface area contributed by atoms with Gasteiger partial charge in [0.25, 0.3) is 0 Å². The van der Waals surface area contributed by atoms with Crippen LogP contribution in [0, 0.1) is 0 Å². The number of hydrogen-bond acceptors (Lipinski definition) is 5. The molecule has 0 radical (unpaired) electrons. The Balaban J connectivity index is 3.47.